The Morgan fingerprint density at radius 2 is 1.75 bits per heavy atom. The minimum Gasteiger partial charge on any atom is -0.445 e. The zero-order chi connectivity index (χ0) is 36.2. The summed E-state index contributed by atoms with van der Waals surface area (Å²) in [5.74, 6) is -1.26. The summed E-state index contributed by atoms with van der Waals surface area (Å²) >= 11 is 12.8. The largest absolute Gasteiger partial charge is 0.445 e. The molecule has 4 aromatic carbocycles. The highest BCUT2D eigenvalue weighted by Gasteiger charge is 2.27. The van der Waals surface area contributed by atoms with Crippen LogP contribution in [-0.2, 0) is 17.8 Å². The number of fused-ring (bicyclic) bond motifs is 1. The summed E-state index contributed by atoms with van der Waals surface area (Å²) in [6.45, 7) is 1.25. The molecule has 1 amide bonds. The van der Waals surface area contributed by atoms with E-state index in [1.165, 1.54) is 36.5 Å². The predicted octanol–water partition coefficient (Wildman–Crippen LogP) is 9.37. The van der Waals surface area contributed by atoms with E-state index in [0.29, 0.717) is 65.3 Å². The van der Waals surface area contributed by atoms with Crippen molar-refractivity contribution in [1.82, 2.24) is 24.9 Å². The Morgan fingerprint density at radius 3 is 2.48 bits per heavy atom. The number of hydrogen-bond donors (Lipinski definition) is 1. The molecule has 13 heteroatoms. The monoisotopic (exact) mass is 737 g/mol. The minimum absolute atomic E-state index is 0.0208. The van der Waals surface area contributed by atoms with Gasteiger partial charge in [0.25, 0.3) is 0 Å². The number of nitriles is 1. The summed E-state index contributed by atoms with van der Waals surface area (Å²) in [4.78, 5) is 18.9. The number of benzene rings is 4. The van der Waals surface area contributed by atoms with Crippen LogP contribution in [0.5, 0.6) is 0 Å². The van der Waals surface area contributed by atoms with Gasteiger partial charge in [-0.3, -0.25) is 4.98 Å². The average Bonchev–Trinajstić information content (AvgIpc) is 3.66. The first kappa shape index (κ1) is 34.9. The summed E-state index contributed by atoms with van der Waals surface area (Å²) in [6, 6.07) is 25.9. The van der Waals surface area contributed by atoms with Gasteiger partial charge in [-0.15, -0.1) is 5.10 Å². The second-order valence-corrected chi connectivity index (χ2v) is 13.4. The molecule has 0 aliphatic carbocycles. The van der Waals surface area contributed by atoms with Crippen LogP contribution < -0.4 is 5.32 Å². The highest BCUT2D eigenvalue weighted by molar-refractivity contribution is 6.35. The Balaban J connectivity index is 1.13. The first-order valence-electron chi connectivity index (χ1n) is 16.6. The van der Waals surface area contributed by atoms with Gasteiger partial charge in [0, 0.05) is 42.5 Å². The lowest BCUT2D eigenvalue weighted by Gasteiger charge is -2.31. The molecule has 0 radical (unpaired) electrons. The van der Waals surface area contributed by atoms with Gasteiger partial charge in [-0.05, 0) is 78.4 Å². The number of rotatable bonds is 9. The van der Waals surface area contributed by atoms with E-state index in [2.05, 4.69) is 26.7 Å². The number of anilines is 2. The molecule has 262 valence electrons. The quantitative estimate of drug-likeness (QED) is 0.158. The number of aromatic nitrogens is 4. The Bertz CT molecular complexity index is 2270. The second kappa shape index (κ2) is 15.4. The minimum atomic E-state index is -0.564. The number of halogens is 4. The topological polar surface area (TPSA) is 109 Å². The fraction of sp³-hybridized carbons (Fsp3) is 0.205. The van der Waals surface area contributed by atoms with E-state index in [-0.39, 0.29) is 41.1 Å². The van der Waals surface area contributed by atoms with Crippen LogP contribution in [-0.4, -0.2) is 44.1 Å². The number of ether oxygens (including phenoxy) is 1. The number of amides is 1. The molecule has 1 atom stereocenters. The van der Waals surface area contributed by atoms with E-state index in [0.717, 1.165) is 16.7 Å². The zero-order valence-electron chi connectivity index (χ0n) is 27.6. The number of piperidine rings is 1. The predicted molar refractivity (Wildman–Crippen MR) is 195 cm³/mol. The lowest BCUT2D eigenvalue weighted by Crippen LogP contribution is -2.39. The van der Waals surface area contributed by atoms with E-state index >= 15 is 0 Å². The first-order valence-corrected chi connectivity index (χ1v) is 17.4. The lowest BCUT2D eigenvalue weighted by molar-refractivity contribution is 0.0820. The summed E-state index contributed by atoms with van der Waals surface area (Å²) in [5.41, 5.74) is 4.89. The third-order valence-electron chi connectivity index (χ3n) is 9.19. The molecule has 1 aliphatic heterocycles. The Kier molecular flexibility index (Phi) is 10.3. The van der Waals surface area contributed by atoms with Crippen molar-refractivity contribution in [3.63, 3.8) is 0 Å². The van der Waals surface area contributed by atoms with Crippen LogP contribution in [0.3, 0.4) is 0 Å². The molecule has 0 spiro atoms. The van der Waals surface area contributed by atoms with Crippen LogP contribution in [0.2, 0.25) is 10.0 Å². The number of carbonyl (C=O) groups excluding carboxylic acids is 1. The molecular weight excluding hydrogens is 707 g/mol. The molecule has 3 heterocycles. The van der Waals surface area contributed by atoms with Crippen LogP contribution in [0.4, 0.5) is 25.0 Å². The molecule has 0 bridgehead atoms. The van der Waals surface area contributed by atoms with Gasteiger partial charge in [-0.1, -0.05) is 70.9 Å². The SMILES string of the molecule is N#Cc1cnc2c(Cl)cc(C[C@@H](c3ccc(F)cc3)c3cn(C4CCN(C(=O)OCc5ccccc5)CC4)nn3)cc2c1Nc1ccc(F)c(Cl)c1. The van der Waals surface area contributed by atoms with E-state index in [9.17, 15) is 18.8 Å². The Labute approximate surface area is 308 Å². The maximum atomic E-state index is 14.1. The number of hydrogen-bond acceptors (Lipinski definition) is 7. The van der Waals surface area contributed by atoms with Crippen molar-refractivity contribution >= 4 is 51.6 Å². The van der Waals surface area contributed by atoms with Crippen molar-refractivity contribution in [2.75, 3.05) is 18.4 Å². The van der Waals surface area contributed by atoms with Gasteiger partial charge in [0.05, 0.1) is 38.5 Å². The van der Waals surface area contributed by atoms with Gasteiger partial charge in [-0.25, -0.2) is 18.3 Å². The Hall–Kier alpha value is -5.57. The third kappa shape index (κ3) is 7.68. The molecule has 1 fully saturated rings. The van der Waals surface area contributed by atoms with Crippen LogP contribution in [0.1, 0.15) is 52.7 Å². The Morgan fingerprint density at radius 1 is 0.981 bits per heavy atom. The molecule has 2 aromatic heterocycles. The molecule has 1 saturated heterocycles. The normalized spacial score (nSPS) is 13.9. The molecule has 0 unspecified atom stereocenters. The first-order chi connectivity index (χ1) is 25.2. The van der Waals surface area contributed by atoms with E-state index in [4.69, 9.17) is 27.9 Å². The van der Waals surface area contributed by atoms with Crippen molar-refractivity contribution in [2.24, 2.45) is 0 Å². The molecule has 1 N–H and O–H groups in total. The molecular formula is C39H31Cl2F2N7O2. The van der Waals surface area contributed by atoms with Gasteiger partial charge in [0.1, 0.15) is 24.3 Å². The van der Waals surface area contributed by atoms with Crippen LogP contribution in [0.15, 0.2) is 97.3 Å². The number of pyridine rings is 1. The van der Waals surface area contributed by atoms with Gasteiger partial charge >= 0.3 is 6.09 Å². The number of nitrogens with zero attached hydrogens (tertiary/aromatic N) is 6. The molecule has 9 nitrogen and oxygen atoms in total. The van der Waals surface area contributed by atoms with Crippen molar-refractivity contribution < 1.29 is 18.3 Å². The summed E-state index contributed by atoms with van der Waals surface area (Å²) < 4.78 is 35.3. The van der Waals surface area contributed by atoms with Gasteiger partial charge in [0.2, 0.25) is 0 Å². The van der Waals surface area contributed by atoms with Crippen molar-refractivity contribution in [3.8, 4) is 6.07 Å². The van der Waals surface area contributed by atoms with Crippen LogP contribution in [0, 0.1) is 23.0 Å². The van der Waals surface area contributed by atoms with Crippen LogP contribution in [0.25, 0.3) is 10.9 Å². The number of likely N-dealkylation sites (tertiary alicyclic amines) is 1. The van der Waals surface area contributed by atoms with E-state index < -0.39 is 5.82 Å². The standard InChI is InChI=1S/C39H31Cl2F2N7O2/c40-33-19-29(10-11-35(33)43)46-37-27(20-44)21-45-38-32(37)17-25(18-34(38)41)16-31(26-6-8-28(42)9-7-26)36-22-50(48-47-36)30-12-14-49(15-13-30)39(51)52-23-24-4-2-1-3-5-24/h1-11,17-19,21-22,30-31H,12-16,23H2,(H,45,46)/t31-/m0/s1. The van der Waals surface area contributed by atoms with Crippen molar-refractivity contribution in [3.05, 3.63) is 147 Å². The van der Waals surface area contributed by atoms with E-state index in [1.54, 1.807) is 17.0 Å². The fourth-order valence-corrected chi connectivity index (χ4v) is 6.92. The van der Waals surface area contributed by atoms with Gasteiger partial charge in [0.15, 0.2) is 0 Å². The maximum Gasteiger partial charge on any atom is 0.410 e. The molecule has 6 aromatic rings. The van der Waals surface area contributed by atoms with Gasteiger partial charge < -0.3 is 15.0 Å². The molecule has 52 heavy (non-hydrogen) atoms. The van der Waals surface area contributed by atoms with Crippen molar-refractivity contribution in [2.45, 2.75) is 37.8 Å². The summed E-state index contributed by atoms with van der Waals surface area (Å²) in [5, 5.41) is 23.1. The molecule has 7 rings (SSSR count). The van der Waals surface area contributed by atoms with E-state index in [1.807, 2.05) is 53.3 Å². The third-order valence-corrected chi connectivity index (χ3v) is 9.77. The fourth-order valence-electron chi connectivity index (χ4n) is 6.45. The smallest absolute Gasteiger partial charge is 0.410 e. The molecule has 0 saturated carbocycles. The maximum absolute atomic E-state index is 14.1. The van der Waals surface area contributed by atoms with Gasteiger partial charge in [-0.2, -0.15) is 5.26 Å². The number of nitrogens with one attached hydrogen (secondary N) is 1. The lowest BCUT2D eigenvalue weighted by atomic mass is 9.89. The average molecular weight is 739 g/mol. The summed E-state index contributed by atoms with van der Waals surface area (Å²) in [6.07, 6.45) is 4.75. The summed E-state index contributed by atoms with van der Waals surface area (Å²) in [7, 11) is 0. The highest BCUT2D eigenvalue weighted by Crippen LogP contribution is 2.37. The zero-order valence-corrected chi connectivity index (χ0v) is 29.2. The van der Waals surface area contributed by atoms with Crippen LogP contribution >= 0.6 is 23.2 Å². The number of carbonyl (C=O) groups is 1. The molecule has 1 aliphatic rings. The van der Waals surface area contributed by atoms with Crippen molar-refractivity contribution in [1.29, 1.82) is 5.26 Å². The second-order valence-electron chi connectivity index (χ2n) is 12.6. The highest BCUT2D eigenvalue weighted by atomic mass is 35.5.